The molecule has 5 N–H and O–H groups in total. The second kappa shape index (κ2) is 24.6. The first-order valence-corrected chi connectivity index (χ1v) is 19.3. The molecule has 6 atom stereocenters. The van der Waals surface area contributed by atoms with E-state index in [0.717, 1.165) is 60.4 Å². The van der Waals surface area contributed by atoms with E-state index in [4.69, 9.17) is 5.73 Å². The smallest absolute Gasteiger partial charge is 0.0920 e. The number of fused-ring (bicyclic) bond motifs is 1. The molecule has 2 fully saturated rings. The number of nitrogens with one attached hydrogen (secondary N) is 3. The fraction of sp³-hybridized carbons (Fsp3) is 0.727. The molecular weight excluding hydrogens is 599 g/mol. The largest absolute Gasteiger partial charge is 0.399 e. The maximum atomic E-state index is 5.52. The minimum atomic E-state index is 0.00571. The van der Waals surface area contributed by atoms with E-state index in [0.29, 0.717) is 23.6 Å². The van der Waals surface area contributed by atoms with Gasteiger partial charge in [0.05, 0.1) is 17.9 Å². The Morgan fingerprint density at radius 3 is 1.71 bits per heavy atom. The average molecular weight is 686 g/mol. The summed E-state index contributed by atoms with van der Waals surface area (Å²) in [7, 11) is 1.93. The highest BCUT2D eigenvalue weighted by molar-refractivity contribution is 5.26. The van der Waals surface area contributed by atoms with E-state index >= 15 is 0 Å². The Bertz CT molecular complexity index is 1010. The minimum absolute atomic E-state index is 0.00571. The summed E-state index contributed by atoms with van der Waals surface area (Å²) in [5, 5.41) is 10.6. The number of allylic oxidation sites excluding steroid dienone is 2. The van der Waals surface area contributed by atoms with Gasteiger partial charge in [-0.25, -0.2) is 0 Å². The Morgan fingerprint density at radius 2 is 1.35 bits per heavy atom. The van der Waals surface area contributed by atoms with Gasteiger partial charge in [0.2, 0.25) is 0 Å². The van der Waals surface area contributed by atoms with E-state index in [1.807, 2.05) is 34.7 Å². The van der Waals surface area contributed by atoms with E-state index in [9.17, 15) is 0 Å². The third-order valence-electron chi connectivity index (χ3n) is 8.86. The molecule has 1 heterocycles. The normalized spacial score (nSPS) is 19.1. The van der Waals surface area contributed by atoms with Crippen LogP contribution in [0.1, 0.15) is 143 Å². The number of hydrogen-bond donors (Lipinski definition) is 4. The zero-order chi connectivity index (χ0) is 39.4. The quantitative estimate of drug-likeness (QED) is 0.102. The van der Waals surface area contributed by atoms with Gasteiger partial charge in [-0.2, -0.15) is 0 Å². The van der Waals surface area contributed by atoms with Crippen LogP contribution in [0.4, 0.5) is 0 Å². The van der Waals surface area contributed by atoms with Crippen LogP contribution in [0, 0.1) is 34.5 Å². The molecule has 0 spiro atoms. The van der Waals surface area contributed by atoms with Crippen LogP contribution >= 0.6 is 0 Å². The summed E-state index contributed by atoms with van der Waals surface area (Å²) >= 11 is 0. The highest BCUT2D eigenvalue weighted by Gasteiger charge is 2.54. The predicted molar refractivity (Wildman–Crippen MR) is 225 cm³/mol. The van der Waals surface area contributed by atoms with Crippen LogP contribution in [-0.2, 0) is 0 Å². The summed E-state index contributed by atoms with van der Waals surface area (Å²) in [5.41, 5.74) is 10.7. The van der Waals surface area contributed by atoms with Gasteiger partial charge in [0.15, 0.2) is 0 Å². The Labute approximate surface area is 308 Å². The molecule has 288 valence electrons. The Morgan fingerprint density at radius 1 is 0.857 bits per heavy atom. The van der Waals surface area contributed by atoms with Gasteiger partial charge in [-0.1, -0.05) is 155 Å². The lowest BCUT2D eigenvalue weighted by atomic mass is 9.83. The lowest BCUT2D eigenvalue weighted by Gasteiger charge is -2.42. The maximum absolute atomic E-state index is 5.52. The number of piperidine rings is 1. The number of rotatable bonds is 15. The SMILES string of the molecule is C=C(CCC(NC(=C)NC(C(=C)N1C[C@@H]2C[C@@H]2C1C(=C)C)C(C)(C)C)C(C)(C)C)NC.C=C(N)C(=C)C(C)CC(C)C.CC.CC.CCC. The Balaban J connectivity index is -0.000000978. The summed E-state index contributed by atoms with van der Waals surface area (Å²) in [6, 6.07) is 0.814. The topological polar surface area (TPSA) is 65.3 Å². The predicted octanol–water partition coefficient (Wildman–Crippen LogP) is 11.6. The number of likely N-dealkylation sites (tertiary alicyclic amines) is 1. The molecule has 1 saturated heterocycles. The van der Waals surface area contributed by atoms with Gasteiger partial charge in [0.25, 0.3) is 0 Å². The molecule has 1 aliphatic heterocycles. The van der Waals surface area contributed by atoms with E-state index < -0.39 is 0 Å². The van der Waals surface area contributed by atoms with E-state index in [1.165, 1.54) is 18.4 Å². The van der Waals surface area contributed by atoms with Crippen LogP contribution in [0.3, 0.4) is 0 Å². The third kappa shape index (κ3) is 19.4. The molecule has 49 heavy (non-hydrogen) atoms. The van der Waals surface area contributed by atoms with Crippen molar-refractivity contribution in [3.05, 3.63) is 73.5 Å². The molecule has 4 unspecified atom stereocenters. The van der Waals surface area contributed by atoms with E-state index in [-0.39, 0.29) is 22.9 Å². The molecule has 1 saturated carbocycles. The molecule has 0 aromatic carbocycles. The number of nitrogens with zero attached hydrogens (tertiary/aromatic N) is 1. The first kappa shape index (κ1) is 50.8. The monoisotopic (exact) mass is 686 g/mol. The highest BCUT2D eigenvalue weighted by atomic mass is 15.3. The van der Waals surface area contributed by atoms with Gasteiger partial charge >= 0.3 is 0 Å². The summed E-state index contributed by atoms with van der Waals surface area (Å²) in [6.45, 7) is 60.5. The molecule has 0 aromatic rings. The van der Waals surface area contributed by atoms with Crippen LogP contribution in [0.25, 0.3) is 0 Å². The molecule has 0 bridgehead atoms. The zero-order valence-corrected chi connectivity index (χ0v) is 36.1. The van der Waals surface area contributed by atoms with Gasteiger partial charge in [-0.15, -0.1) is 0 Å². The first-order valence-electron chi connectivity index (χ1n) is 19.3. The lowest BCUT2D eigenvalue weighted by Crippen LogP contribution is -2.51. The fourth-order valence-electron chi connectivity index (χ4n) is 6.12. The Kier molecular flexibility index (Phi) is 25.5. The first-order chi connectivity index (χ1) is 22.5. The van der Waals surface area contributed by atoms with Gasteiger partial charge in [-0.05, 0) is 72.7 Å². The fourth-order valence-corrected chi connectivity index (χ4v) is 6.12. The van der Waals surface area contributed by atoms with Crippen molar-refractivity contribution in [2.75, 3.05) is 13.6 Å². The van der Waals surface area contributed by atoms with Crippen molar-refractivity contribution in [3.63, 3.8) is 0 Å². The molecule has 1 aliphatic carbocycles. The van der Waals surface area contributed by atoms with Crippen LogP contribution in [0.2, 0.25) is 0 Å². The maximum Gasteiger partial charge on any atom is 0.0920 e. The van der Waals surface area contributed by atoms with Crippen molar-refractivity contribution < 1.29 is 0 Å². The van der Waals surface area contributed by atoms with Gasteiger partial charge in [0, 0.05) is 36.7 Å². The molecule has 2 rings (SSSR count). The Hall–Kier alpha value is -2.56. The van der Waals surface area contributed by atoms with Crippen LogP contribution in [0.15, 0.2) is 73.5 Å². The van der Waals surface area contributed by atoms with Crippen molar-refractivity contribution >= 4 is 0 Å². The summed E-state index contributed by atoms with van der Waals surface area (Å²) in [4.78, 5) is 2.51. The van der Waals surface area contributed by atoms with Gasteiger partial charge in [-0.3, -0.25) is 0 Å². The highest BCUT2D eigenvalue weighted by Crippen LogP contribution is 2.53. The van der Waals surface area contributed by atoms with Crippen LogP contribution < -0.4 is 21.7 Å². The molecule has 5 nitrogen and oxygen atoms in total. The summed E-state index contributed by atoms with van der Waals surface area (Å²) < 4.78 is 0. The molecule has 0 radical (unpaired) electrons. The minimum Gasteiger partial charge on any atom is -0.399 e. The molecule has 5 heteroatoms. The molecule has 0 amide bonds. The van der Waals surface area contributed by atoms with Crippen molar-refractivity contribution in [3.8, 4) is 0 Å². The van der Waals surface area contributed by atoms with E-state index in [2.05, 4.69) is 143 Å². The van der Waals surface area contributed by atoms with Crippen molar-refractivity contribution in [1.82, 2.24) is 20.9 Å². The van der Waals surface area contributed by atoms with Gasteiger partial charge < -0.3 is 26.6 Å². The second-order valence-electron chi connectivity index (χ2n) is 16.3. The lowest BCUT2D eigenvalue weighted by molar-refractivity contribution is 0.214. The zero-order valence-electron chi connectivity index (χ0n) is 36.1. The number of hydrogen-bond acceptors (Lipinski definition) is 5. The molecule has 2 aliphatic rings. The molecule has 0 aromatic heterocycles. The standard InChI is InChI=1S/C27H48N4.C10H19N.C3H8.2C2H6/c1-17(2)24-22-15-21(22)16-31(24)19(4)25(27(9,10)11)30-20(5)29-23(26(6,7)8)14-13-18(3)28-12;1-7(2)6-8(3)9(4)10(5)11;1-3-2;2*1-2/h21-25,28-30H,1,3-5,13-16H2,2,6-12H3;7-8H,4-6,11H2,1-3H3;3H2,1-2H3;2*1-2H3/t21-,22-,23?,24?,25?;;;;/m0..../s1. The number of nitrogens with two attached hydrogens (primary N) is 1. The van der Waals surface area contributed by atoms with Crippen molar-refractivity contribution in [1.29, 1.82) is 0 Å². The van der Waals surface area contributed by atoms with Crippen molar-refractivity contribution in [2.45, 2.75) is 161 Å². The summed E-state index contributed by atoms with van der Waals surface area (Å²) in [5.74, 6) is 3.61. The third-order valence-corrected chi connectivity index (χ3v) is 8.86. The van der Waals surface area contributed by atoms with E-state index in [1.54, 1.807) is 0 Å². The van der Waals surface area contributed by atoms with Gasteiger partial charge in [0.1, 0.15) is 0 Å². The van der Waals surface area contributed by atoms with Crippen molar-refractivity contribution in [2.24, 2.45) is 40.2 Å². The van der Waals surface area contributed by atoms with Crippen LogP contribution in [0.5, 0.6) is 0 Å². The molecular formula is C44H87N5. The van der Waals surface area contributed by atoms with Crippen LogP contribution in [-0.4, -0.2) is 36.6 Å². The average Bonchev–Trinajstić information content (AvgIpc) is 3.66. The summed E-state index contributed by atoms with van der Waals surface area (Å²) in [6.07, 6.45) is 5.66. The second-order valence-corrected chi connectivity index (χ2v) is 16.3.